The van der Waals surface area contributed by atoms with Crippen LogP contribution in [0.25, 0.3) is 0 Å². The Morgan fingerprint density at radius 2 is 2.35 bits per heavy atom. The number of carboxylic acids is 1. The lowest BCUT2D eigenvalue weighted by Crippen LogP contribution is -2.13. The Morgan fingerprint density at radius 3 is 3.06 bits per heavy atom. The average Bonchev–Trinajstić information content (AvgIpc) is 2.82. The fourth-order valence-corrected chi connectivity index (χ4v) is 1.46. The van der Waals surface area contributed by atoms with Gasteiger partial charge in [-0.1, -0.05) is 0 Å². The van der Waals surface area contributed by atoms with E-state index < -0.39 is 5.97 Å². The summed E-state index contributed by atoms with van der Waals surface area (Å²) in [6.07, 6.45) is 6.73. The highest BCUT2D eigenvalue weighted by molar-refractivity contribution is 5.91. The Bertz CT molecular complexity index is 496. The molecule has 0 radical (unpaired) electrons. The van der Waals surface area contributed by atoms with Crippen molar-refractivity contribution in [3.8, 4) is 0 Å². The molecule has 0 atom stereocenters. The Labute approximate surface area is 97.9 Å². The summed E-state index contributed by atoms with van der Waals surface area (Å²) in [5.74, 6) is -1.03. The number of nitrogens with one attached hydrogen (secondary N) is 1. The SMILES string of the molecule is O=C(O)c1ncccc1NCCn1ccnc1. The van der Waals surface area contributed by atoms with Crippen LogP contribution < -0.4 is 5.32 Å². The second-order valence-corrected chi connectivity index (χ2v) is 3.43. The van der Waals surface area contributed by atoms with Crippen LogP contribution in [0.1, 0.15) is 10.5 Å². The zero-order valence-electron chi connectivity index (χ0n) is 9.08. The first kappa shape index (κ1) is 11.1. The van der Waals surface area contributed by atoms with E-state index in [-0.39, 0.29) is 5.69 Å². The predicted molar refractivity (Wildman–Crippen MR) is 61.9 cm³/mol. The third-order valence-corrected chi connectivity index (χ3v) is 2.25. The molecule has 6 nitrogen and oxygen atoms in total. The zero-order valence-corrected chi connectivity index (χ0v) is 9.08. The number of carboxylic acid groups (broad SMARTS) is 1. The minimum atomic E-state index is -1.03. The molecule has 2 heterocycles. The Kier molecular flexibility index (Phi) is 3.34. The van der Waals surface area contributed by atoms with Gasteiger partial charge in [-0.2, -0.15) is 0 Å². The highest BCUT2D eigenvalue weighted by Crippen LogP contribution is 2.11. The highest BCUT2D eigenvalue weighted by atomic mass is 16.4. The molecule has 2 aromatic heterocycles. The molecule has 2 aromatic rings. The molecule has 0 aliphatic carbocycles. The first-order valence-corrected chi connectivity index (χ1v) is 5.15. The molecule has 0 aromatic carbocycles. The van der Waals surface area contributed by atoms with Gasteiger partial charge in [0.05, 0.1) is 12.0 Å². The van der Waals surface area contributed by atoms with Crippen molar-refractivity contribution in [2.75, 3.05) is 11.9 Å². The molecule has 2 N–H and O–H groups in total. The topological polar surface area (TPSA) is 80.0 Å². The summed E-state index contributed by atoms with van der Waals surface area (Å²) >= 11 is 0. The number of rotatable bonds is 5. The van der Waals surface area contributed by atoms with Crippen molar-refractivity contribution in [3.63, 3.8) is 0 Å². The maximum Gasteiger partial charge on any atom is 0.356 e. The van der Waals surface area contributed by atoms with Gasteiger partial charge in [0.15, 0.2) is 5.69 Å². The van der Waals surface area contributed by atoms with E-state index in [1.54, 1.807) is 24.7 Å². The molecule has 0 saturated heterocycles. The molecule has 0 unspecified atom stereocenters. The molecule has 88 valence electrons. The van der Waals surface area contributed by atoms with Crippen LogP contribution in [0.15, 0.2) is 37.1 Å². The summed E-state index contributed by atoms with van der Waals surface area (Å²) < 4.78 is 1.91. The monoisotopic (exact) mass is 232 g/mol. The summed E-state index contributed by atoms with van der Waals surface area (Å²) in [5.41, 5.74) is 0.568. The molecule has 6 heteroatoms. The fourth-order valence-electron chi connectivity index (χ4n) is 1.46. The van der Waals surface area contributed by atoms with E-state index in [4.69, 9.17) is 5.11 Å². The van der Waals surface area contributed by atoms with Gasteiger partial charge in [-0.3, -0.25) is 0 Å². The second-order valence-electron chi connectivity index (χ2n) is 3.43. The van der Waals surface area contributed by atoms with Crippen molar-refractivity contribution in [1.82, 2.24) is 14.5 Å². The van der Waals surface area contributed by atoms with E-state index in [9.17, 15) is 4.79 Å². The van der Waals surface area contributed by atoms with Crippen LogP contribution in [0.3, 0.4) is 0 Å². The van der Waals surface area contributed by atoms with Gasteiger partial charge < -0.3 is 15.0 Å². The van der Waals surface area contributed by atoms with Crippen molar-refractivity contribution < 1.29 is 9.90 Å². The van der Waals surface area contributed by atoms with Crippen LogP contribution in [0.2, 0.25) is 0 Å². The summed E-state index contributed by atoms with van der Waals surface area (Å²) in [6.45, 7) is 1.33. The second kappa shape index (κ2) is 5.11. The molecule has 2 rings (SSSR count). The maximum atomic E-state index is 10.9. The Hall–Kier alpha value is -2.37. The van der Waals surface area contributed by atoms with Crippen LogP contribution in [-0.4, -0.2) is 32.2 Å². The lowest BCUT2D eigenvalue weighted by Gasteiger charge is -2.08. The van der Waals surface area contributed by atoms with Gasteiger partial charge in [0, 0.05) is 31.7 Å². The van der Waals surface area contributed by atoms with Crippen molar-refractivity contribution in [1.29, 1.82) is 0 Å². The van der Waals surface area contributed by atoms with Crippen molar-refractivity contribution in [2.24, 2.45) is 0 Å². The van der Waals surface area contributed by atoms with Gasteiger partial charge in [0.2, 0.25) is 0 Å². The van der Waals surface area contributed by atoms with Gasteiger partial charge in [0.25, 0.3) is 0 Å². The van der Waals surface area contributed by atoms with E-state index in [2.05, 4.69) is 15.3 Å². The third kappa shape index (κ3) is 2.81. The molecular formula is C11H12N4O2. The number of carbonyl (C=O) groups is 1. The summed E-state index contributed by atoms with van der Waals surface area (Å²) in [4.78, 5) is 18.6. The molecule has 17 heavy (non-hydrogen) atoms. The number of anilines is 1. The smallest absolute Gasteiger partial charge is 0.356 e. The molecule has 0 bridgehead atoms. The average molecular weight is 232 g/mol. The number of hydrogen-bond acceptors (Lipinski definition) is 4. The Morgan fingerprint density at radius 1 is 1.47 bits per heavy atom. The number of aromatic nitrogens is 3. The van der Waals surface area contributed by atoms with Gasteiger partial charge in [-0.15, -0.1) is 0 Å². The van der Waals surface area contributed by atoms with Crippen molar-refractivity contribution in [3.05, 3.63) is 42.7 Å². The standard InChI is InChI=1S/C11H12N4O2/c16-11(17)10-9(2-1-3-14-10)13-5-7-15-6-4-12-8-15/h1-4,6,8,13H,5,7H2,(H,16,17). The van der Waals surface area contributed by atoms with Crippen LogP contribution in [0.5, 0.6) is 0 Å². The van der Waals surface area contributed by atoms with E-state index in [0.717, 1.165) is 0 Å². The molecule has 0 amide bonds. The molecular weight excluding hydrogens is 220 g/mol. The van der Waals surface area contributed by atoms with Crippen molar-refractivity contribution in [2.45, 2.75) is 6.54 Å². The minimum absolute atomic E-state index is 0.0399. The highest BCUT2D eigenvalue weighted by Gasteiger charge is 2.09. The van der Waals surface area contributed by atoms with Crippen LogP contribution >= 0.6 is 0 Å². The summed E-state index contributed by atoms with van der Waals surface area (Å²) in [7, 11) is 0. The largest absolute Gasteiger partial charge is 0.476 e. The number of aromatic carboxylic acids is 1. The van der Waals surface area contributed by atoms with Gasteiger partial charge in [-0.25, -0.2) is 14.8 Å². The van der Waals surface area contributed by atoms with Gasteiger partial charge in [0.1, 0.15) is 0 Å². The molecule has 0 aliphatic heterocycles. The first-order valence-electron chi connectivity index (χ1n) is 5.15. The van der Waals surface area contributed by atoms with Gasteiger partial charge in [-0.05, 0) is 12.1 Å². The van der Waals surface area contributed by atoms with E-state index in [1.807, 2.05) is 10.8 Å². The number of nitrogens with zero attached hydrogens (tertiary/aromatic N) is 3. The third-order valence-electron chi connectivity index (χ3n) is 2.25. The summed E-state index contributed by atoms with van der Waals surface area (Å²) in [6, 6.07) is 3.40. The molecule has 0 saturated carbocycles. The van der Waals surface area contributed by atoms with E-state index in [0.29, 0.717) is 18.8 Å². The number of imidazole rings is 1. The van der Waals surface area contributed by atoms with Crippen LogP contribution in [0, 0.1) is 0 Å². The predicted octanol–water partition coefficient (Wildman–Crippen LogP) is 1.09. The summed E-state index contributed by atoms with van der Waals surface area (Å²) in [5, 5.41) is 12.0. The van der Waals surface area contributed by atoms with E-state index in [1.165, 1.54) is 6.20 Å². The lowest BCUT2D eigenvalue weighted by molar-refractivity contribution is 0.0691. The van der Waals surface area contributed by atoms with Crippen LogP contribution in [-0.2, 0) is 6.54 Å². The normalized spacial score (nSPS) is 10.1. The molecule has 0 aliphatic rings. The van der Waals surface area contributed by atoms with Gasteiger partial charge >= 0.3 is 5.97 Å². The van der Waals surface area contributed by atoms with Crippen molar-refractivity contribution >= 4 is 11.7 Å². The number of hydrogen-bond donors (Lipinski definition) is 2. The Balaban J connectivity index is 1.97. The fraction of sp³-hybridized carbons (Fsp3) is 0.182. The zero-order chi connectivity index (χ0) is 12.1. The van der Waals surface area contributed by atoms with E-state index >= 15 is 0 Å². The van der Waals surface area contributed by atoms with Crippen LogP contribution in [0.4, 0.5) is 5.69 Å². The quantitative estimate of drug-likeness (QED) is 0.806. The maximum absolute atomic E-state index is 10.9. The lowest BCUT2D eigenvalue weighted by atomic mass is 10.3. The molecule has 0 spiro atoms. The minimum Gasteiger partial charge on any atom is -0.476 e. The molecule has 0 fully saturated rings. The number of pyridine rings is 1. The first-order chi connectivity index (χ1) is 8.27.